The molecular weight excluding hydrogens is 596 g/mol. The number of Topliss-reactive ketones (excluding diaryl/α,β-unsaturated/α-hetero) is 3. The molecule has 46 heavy (non-hydrogen) atoms. The average Bonchev–Trinajstić information content (AvgIpc) is 3.00. The lowest BCUT2D eigenvalue weighted by molar-refractivity contribution is -0.130. The van der Waals surface area contributed by atoms with Crippen LogP contribution in [0.4, 0.5) is 0 Å². The van der Waals surface area contributed by atoms with Gasteiger partial charge in [-0.25, -0.2) is 0 Å². The van der Waals surface area contributed by atoms with Gasteiger partial charge in [0.2, 0.25) is 11.8 Å². The van der Waals surface area contributed by atoms with Gasteiger partial charge in [-0.05, 0) is 73.6 Å². The van der Waals surface area contributed by atoms with E-state index < -0.39 is 18.0 Å². The van der Waals surface area contributed by atoms with Crippen LogP contribution in [-0.4, -0.2) is 106 Å². The largest absolute Gasteiger partial charge is 0.382 e. The number of hydrogen-bond acceptors (Lipinski definition) is 10. The molecule has 0 rings (SSSR count). The minimum Gasteiger partial charge on any atom is -0.382 e. The standard InChI is InChI=1S/C34H62N2O10/c1-7-42-21-10-13-27(37)16-17-28(30(38)14-11-22-43-8-2)35-32(40)19-18-29(31(39)15-12-23-44-9-3)36-33(41)20-24-45-25-26-46-34(4,5)6/h28-29H,7-26H2,1-6H3,(H,35,40)(H,36,41). The molecule has 0 fully saturated rings. The smallest absolute Gasteiger partial charge is 0.222 e. The third kappa shape index (κ3) is 25.9. The molecule has 0 saturated heterocycles. The van der Waals surface area contributed by atoms with Gasteiger partial charge in [0, 0.05) is 78.2 Å². The van der Waals surface area contributed by atoms with Crippen molar-refractivity contribution in [2.24, 2.45) is 0 Å². The van der Waals surface area contributed by atoms with E-state index in [0.29, 0.717) is 78.5 Å². The number of ether oxygens (including phenoxy) is 5. The molecule has 0 aromatic carbocycles. The molecule has 2 atom stereocenters. The van der Waals surface area contributed by atoms with E-state index in [1.807, 2.05) is 41.5 Å². The number of carbonyl (C=O) groups is 5. The predicted octanol–water partition coefficient (Wildman–Crippen LogP) is 3.90. The molecule has 2 N–H and O–H groups in total. The van der Waals surface area contributed by atoms with Crippen LogP contribution in [0.25, 0.3) is 0 Å². The van der Waals surface area contributed by atoms with Crippen molar-refractivity contribution < 1.29 is 47.7 Å². The Hall–Kier alpha value is -2.25. The summed E-state index contributed by atoms with van der Waals surface area (Å²) in [6.45, 7) is 15.4. The van der Waals surface area contributed by atoms with Crippen LogP contribution in [0, 0.1) is 0 Å². The molecule has 0 aliphatic heterocycles. The summed E-state index contributed by atoms with van der Waals surface area (Å²) in [7, 11) is 0. The number of nitrogens with one attached hydrogen (secondary N) is 2. The first kappa shape index (κ1) is 43.8. The van der Waals surface area contributed by atoms with Crippen molar-refractivity contribution in [1.82, 2.24) is 10.6 Å². The van der Waals surface area contributed by atoms with Crippen molar-refractivity contribution in [3.05, 3.63) is 0 Å². The number of carbonyl (C=O) groups excluding carboxylic acids is 5. The van der Waals surface area contributed by atoms with Gasteiger partial charge >= 0.3 is 0 Å². The lowest BCUT2D eigenvalue weighted by Gasteiger charge is -2.20. The first-order valence-corrected chi connectivity index (χ1v) is 17.0. The first-order valence-electron chi connectivity index (χ1n) is 17.0. The topological polar surface area (TPSA) is 156 Å². The molecular formula is C34H62N2O10. The highest BCUT2D eigenvalue weighted by Crippen LogP contribution is 2.10. The number of hydrogen-bond donors (Lipinski definition) is 2. The highest BCUT2D eigenvalue weighted by atomic mass is 16.5. The summed E-state index contributed by atoms with van der Waals surface area (Å²) >= 11 is 0. The molecule has 2 amide bonds. The third-order valence-electron chi connectivity index (χ3n) is 6.84. The third-order valence-corrected chi connectivity index (χ3v) is 6.84. The fourth-order valence-electron chi connectivity index (χ4n) is 4.39. The van der Waals surface area contributed by atoms with Crippen molar-refractivity contribution in [1.29, 1.82) is 0 Å². The van der Waals surface area contributed by atoms with E-state index in [4.69, 9.17) is 23.7 Å². The summed E-state index contributed by atoms with van der Waals surface area (Å²) in [5.41, 5.74) is -0.277. The molecule has 0 aliphatic rings. The zero-order valence-corrected chi connectivity index (χ0v) is 29.4. The minimum atomic E-state index is -0.864. The van der Waals surface area contributed by atoms with Gasteiger partial charge in [0.1, 0.15) is 5.78 Å². The van der Waals surface area contributed by atoms with Gasteiger partial charge in [0.15, 0.2) is 11.6 Å². The van der Waals surface area contributed by atoms with Crippen LogP contribution in [0.2, 0.25) is 0 Å². The van der Waals surface area contributed by atoms with Crippen LogP contribution < -0.4 is 10.6 Å². The molecule has 0 radical (unpaired) electrons. The van der Waals surface area contributed by atoms with Gasteiger partial charge in [-0.3, -0.25) is 24.0 Å². The van der Waals surface area contributed by atoms with Gasteiger partial charge in [-0.15, -0.1) is 0 Å². The van der Waals surface area contributed by atoms with Gasteiger partial charge in [0.25, 0.3) is 0 Å². The summed E-state index contributed by atoms with van der Waals surface area (Å²) in [5, 5.41) is 5.54. The summed E-state index contributed by atoms with van der Waals surface area (Å²) in [6, 6.07) is -1.68. The van der Waals surface area contributed by atoms with Gasteiger partial charge in [-0.2, -0.15) is 0 Å². The van der Waals surface area contributed by atoms with Crippen molar-refractivity contribution >= 4 is 29.2 Å². The molecule has 0 heterocycles. The minimum absolute atomic E-state index is 0.00667. The molecule has 12 heteroatoms. The zero-order valence-electron chi connectivity index (χ0n) is 29.4. The molecule has 2 unspecified atom stereocenters. The van der Waals surface area contributed by atoms with Crippen LogP contribution in [-0.2, 0) is 47.7 Å². The highest BCUT2D eigenvalue weighted by Gasteiger charge is 2.25. The second-order valence-corrected chi connectivity index (χ2v) is 12.0. The Morgan fingerprint density at radius 2 is 0.978 bits per heavy atom. The van der Waals surface area contributed by atoms with Crippen molar-refractivity contribution in [3.63, 3.8) is 0 Å². The van der Waals surface area contributed by atoms with E-state index in [1.165, 1.54) is 0 Å². The van der Waals surface area contributed by atoms with Crippen molar-refractivity contribution in [3.8, 4) is 0 Å². The SMILES string of the molecule is CCOCCCC(=O)CCC(NC(=O)CCC(NC(=O)CCOCCOC(C)(C)C)C(=O)CCCOCC)C(=O)CCCOCC. The maximum atomic E-state index is 13.0. The lowest BCUT2D eigenvalue weighted by Crippen LogP contribution is -2.44. The summed E-state index contributed by atoms with van der Waals surface area (Å²) < 4.78 is 27.0. The number of amides is 2. The second kappa shape index (κ2) is 27.8. The first-order chi connectivity index (χ1) is 21.9. The lowest BCUT2D eigenvalue weighted by atomic mass is 9.99. The van der Waals surface area contributed by atoms with Crippen LogP contribution in [0.15, 0.2) is 0 Å². The summed E-state index contributed by atoms with van der Waals surface area (Å²) in [5.74, 6) is -1.13. The quantitative estimate of drug-likeness (QED) is 0.105. The Morgan fingerprint density at radius 3 is 1.46 bits per heavy atom. The fourth-order valence-corrected chi connectivity index (χ4v) is 4.39. The predicted molar refractivity (Wildman–Crippen MR) is 176 cm³/mol. The Kier molecular flexibility index (Phi) is 26.5. The molecule has 12 nitrogen and oxygen atoms in total. The molecule has 0 bridgehead atoms. The fraction of sp³-hybridized carbons (Fsp3) is 0.853. The van der Waals surface area contributed by atoms with E-state index in [9.17, 15) is 24.0 Å². The molecule has 0 saturated carbocycles. The van der Waals surface area contributed by atoms with E-state index in [-0.39, 0.29) is 80.4 Å². The second-order valence-electron chi connectivity index (χ2n) is 12.0. The monoisotopic (exact) mass is 658 g/mol. The maximum absolute atomic E-state index is 13.0. The summed E-state index contributed by atoms with van der Waals surface area (Å²) in [6.07, 6.45) is 2.79. The van der Waals surface area contributed by atoms with E-state index in [1.54, 1.807) is 0 Å². The molecule has 0 aromatic heterocycles. The van der Waals surface area contributed by atoms with E-state index in [2.05, 4.69) is 10.6 Å². The van der Waals surface area contributed by atoms with Gasteiger partial charge in [0.05, 0.1) is 37.5 Å². The summed E-state index contributed by atoms with van der Waals surface area (Å²) in [4.78, 5) is 64.1. The zero-order chi connectivity index (χ0) is 34.6. The van der Waals surface area contributed by atoms with Crippen LogP contribution in [0.3, 0.4) is 0 Å². The van der Waals surface area contributed by atoms with E-state index >= 15 is 0 Å². The van der Waals surface area contributed by atoms with E-state index in [0.717, 1.165) is 0 Å². The van der Waals surface area contributed by atoms with Crippen LogP contribution in [0.5, 0.6) is 0 Å². The highest BCUT2D eigenvalue weighted by molar-refractivity contribution is 5.91. The average molecular weight is 659 g/mol. The Bertz CT molecular complexity index is 859. The Balaban J connectivity index is 5.14. The molecule has 268 valence electrons. The van der Waals surface area contributed by atoms with Crippen LogP contribution >= 0.6 is 0 Å². The Morgan fingerprint density at radius 1 is 0.522 bits per heavy atom. The van der Waals surface area contributed by atoms with Crippen molar-refractivity contribution in [2.75, 3.05) is 59.5 Å². The maximum Gasteiger partial charge on any atom is 0.222 e. The normalized spacial score (nSPS) is 12.8. The molecule has 0 spiro atoms. The van der Waals surface area contributed by atoms with Crippen molar-refractivity contribution in [2.45, 2.75) is 130 Å². The molecule has 0 aliphatic carbocycles. The van der Waals surface area contributed by atoms with Gasteiger partial charge < -0.3 is 34.3 Å². The Labute approximate surface area is 276 Å². The van der Waals surface area contributed by atoms with Gasteiger partial charge in [-0.1, -0.05) is 0 Å². The number of rotatable bonds is 31. The number of ketones is 3. The van der Waals surface area contributed by atoms with Crippen LogP contribution in [0.1, 0.15) is 112 Å². The molecule has 0 aromatic rings.